The number of hydrogen-bond acceptors (Lipinski definition) is 4. The van der Waals surface area contributed by atoms with E-state index in [-0.39, 0.29) is 12.3 Å². The standard InChI is InChI=1S/C17H22N2O3/c1-19(16(20)12-17(21)7-2-3-8-17)9-10-22-15-6-4-5-14(11-15)13-18/h4-6,11,21H,2-3,7-10,12H2,1H3. The highest BCUT2D eigenvalue weighted by Crippen LogP contribution is 2.32. The lowest BCUT2D eigenvalue weighted by molar-refractivity contribution is -0.135. The number of nitriles is 1. The lowest BCUT2D eigenvalue weighted by Gasteiger charge is -2.25. The molecule has 0 bridgehead atoms. The zero-order chi connectivity index (χ0) is 16.0. The molecule has 1 aromatic rings. The average Bonchev–Trinajstić information content (AvgIpc) is 2.93. The topological polar surface area (TPSA) is 73.6 Å². The molecule has 1 aromatic carbocycles. The molecule has 1 aliphatic rings. The van der Waals surface area contributed by atoms with Crippen molar-refractivity contribution in [1.82, 2.24) is 4.90 Å². The second-order valence-electron chi connectivity index (χ2n) is 5.91. The van der Waals surface area contributed by atoms with Gasteiger partial charge in [-0.15, -0.1) is 0 Å². The summed E-state index contributed by atoms with van der Waals surface area (Å²) in [7, 11) is 1.72. The van der Waals surface area contributed by atoms with Crippen LogP contribution in [0.2, 0.25) is 0 Å². The lowest BCUT2D eigenvalue weighted by Crippen LogP contribution is -2.37. The Morgan fingerprint density at radius 1 is 1.45 bits per heavy atom. The number of nitrogens with zero attached hydrogens (tertiary/aromatic N) is 2. The molecule has 0 atom stereocenters. The van der Waals surface area contributed by atoms with Crippen molar-refractivity contribution in [1.29, 1.82) is 5.26 Å². The number of benzene rings is 1. The summed E-state index contributed by atoms with van der Waals surface area (Å²) in [6, 6.07) is 8.98. The number of carbonyl (C=O) groups is 1. The monoisotopic (exact) mass is 302 g/mol. The van der Waals surface area contributed by atoms with E-state index in [0.717, 1.165) is 12.8 Å². The Morgan fingerprint density at radius 3 is 2.86 bits per heavy atom. The van der Waals surface area contributed by atoms with E-state index in [9.17, 15) is 9.90 Å². The van der Waals surface area contributed by atoms with Crippen molar-refractivity contribution in [3.63, 3.8) is 0 Å². The Balaban J connectivity index is 1.76. The summed E-state index contributed by atoms with van der Waals surface area (Å²) >= 11 is 0. The van der Waals surface area contributed by atoms with Crippen LogP contribution in [0.3, 0.4) is 0 Å². The summed E-state index contributed by atoms with van der Waals surface area (Å²) in [5, 5.41) is 19.1. The van der Waals surface area contributed by atoms with Crippen LogP contribution in [0.15, 0.2) is 24.3 Å². The molecule has 0 saturated heterocycles. The summed E-state index contributed by atoms with van der Waals surface area (Å²) in [6.45, 7) is 0.807. The van der Waals surface area contributed by atoms with Gasteiger partial charge in [-0.3, -0.25) is 4.79 Å². The van der Waals surface area contributed by atoms with E-state index in [1.54, 1.807) is 36.2 Å². The highest BCUT2D eigenvalue weighted by atomic mass is 16.5. The number of rotatable bonds is 6. The third-order valence-corrected chi connectivity index (χ3v) is 4.10. The van der Waals surface area contributed by atoms with Crippen LogP contribution in [-0.4, -0.2) is 41.7 Å². The van der Waals surface area contributed by atoms with Crippen molar-refractivity contribution in [3.05, 3.63) is 29.8 Å². The van der Waals surface area contributed by atoms with Gasteiger partial charge < -0.3 is 14.7 Å². The van der Waals surface area contributed by atoms with E-state index in [2.05, 4.69) is 6.07 Å². The van der Waals surface area contributed by atoms with Crippen LogP contribution in [-0.2, 0) is 4.79 Å². The third-order valence-electron chi connectivity index (χ3n) is 4.10. The fourth-order valence-electron chi connectivity index (χ4n) is 2.71. The van der Waals surface area contributed by atoms with Gasteiger partial charge >= 0.3 is 0 Å². The van der Waals surface area contributed by atoms with Crippen molar-refractivity contribution >= 4 is 5.91 Å². The molecule has 0 heterocycles. The number of carbonyl (C=O) groups excluding carboxylic acids is 1. The number of hydrogen-bond donors (Lipinski definition) is 1. The van der Waals surface area contributed by atoms with Gasteiger partial charge in [0.15, 0.2) is 0 Å². The molecule has 0 aliphatic heterocycles. The number of aliphatic hydroxyl groups is 1. The Labute approximate surface area is 131 Å². The third kappa shape index (κ3) is 4.47. The van der Waals surface area contributed by atoms with Crippen LogP contribution in [0, 0.1) is 11.3 Å². The zero-order valence-electron chi connectivity index (χ0n) is 12.9. The van der Waals surface area contributed by atoms with Crippen molar-refractivity contribution in [2.45, 2.75) is 37.7 Å². The lowest BCUT2D eigenvalue weighted by atomic mass is 9.97. The SMILES string of the molecule is CN(CCOc1cccc(C#N)c1)C(=O)CC1(O)CCCC1. The van der Waals surface area contributed by atoms with Gasteiger partial charge in [-0.25, -0.2) is 0 Å². The molecule has 1 N–H and O–H groups in total. The quantitative estimate of drug-likeness (QED) is 0.873. The van der Waals surface area contributed by atoms with E-state index in [4.69, 9.17) is 10.00 Å². The van der Waals surface area contributed by atoms with E-state index in [0.29, 0.717) is 37.3 Å². The minimum Gasteiger partial charge on any atom is -0.492 e. The molecule has 1 fully saturated rings. The first-order valence-corrected chi connectivity index (χ1v) is 7.62. The summed E-state index contributed by atoms with van der Waals surface area (Å²) < 4.78 is 5.56. The predicted octanol–water partition coefficient (Wildman–Crippen LogP) is 2.09. The first kappa shape index (κ1) is 16.3. The van der Waals surface area contributed by atoms with Gasteiger partial charge in [0.25, 0.3) is 0 Å². The highest BCUT2D eigenvalue weighted by Gasteiger charge is 2.34. The fraction of sp³-hybridized carbons (Fsp3) is 0.529. The molecule has 5 heteroatoms. The average molecular weight is 302 g/mol. The van der Waals surface area contributed by atoms with E-state index in [1.165, 1.54) is 0 Å². The molecule has 0 radical (unpaired) electrons. The normalized spacial score (nSPS) is 16.0. The number of amides is 1. The molecule has 0 unspecified atom stereocenters. The molecule has 0 aromatic heterocycles. The Morgan fingerprint density at radius 2 is 2.18 bits per heavy atom. The molecule has 1 amide bonds. The second-order valence-corrected chi connectivity index (χ2v) is 5.91. The Kier molecular flexibility index (Phi) is 5.40. The van der Waals surface area contributed by atoms with E-state index >= 15 is 0 Å². The van der Waals surface area contributed by atoms with Gasteiger partial charge in [-0.05, 0) is 31.0 Å². The molecule has 1 aliphatic carbocycles. The van der Waals surface area contributed by atoms with Crippen LogP contribution < -0.4 is 4.74 Å². The smallest absolute Gasteiger partial charge is 0.225 e. The molecular formula is C17H22N2O3. The van der Waals surface area contributed by atoms with Crippen LogP contribution in [0.5, 0.6) is 5.75 Å². The number of ether oxygens (including phenoxy) is 1. The minimum absolute atomic E-state index is 0.0567. The zero-order valence-corrected chi connectivity index (χ0v) is 12.9. The van der Waals surface area contributed by atoms with Crippen molar-refractivity contribution in [2.75, 3.05) is 20.2 Å². The first-order valence-electron chi connectivity index (χ1n) is 7.62. The molecule has 2 rings (SSSR count). The van der Waals surface area contributed by atoms with Gasteiger partial charge in [-0.1, -0.05) is 18.9 Å². The van der Waals surface area contributed by atoms with Gasteiger partial charge in [0, 0.05) is 7.05 Å². The van der Waals surface area contributed by atoms with E-state index in [1.807, 2.05) is 0 Å². The fourth-order valence-corrected chi connectivity index (χ4v) is 2.71. The van der Waals surface area contributed by atoms with Crippen molar-refractivity contribution in [2.24, 2.45) is 0 Å². The Hall–Kier alpha value is -2.06. The predicted molar refractivity (Wildman–Crippen MR) is 82.3 cm³/mol. The van der Waals surface area contributed by atoms with Crippen molar-refractivity contribution in [3.8, 4) is 11.8 Å². The molecule has 5 nitrogen and oxygen atoms in total. The second kappa shape index (κ2) is 7.28. The van der Waals surface area contributed by atoms with Crippen LogP contribution in [0.25, 0.3) is 0 Å². The summed E-state index contributed by atoms with van der Waals surface area (Å²) in [5.41, 5.74) is -0.266. The van der Waals surface area contributed by atoms with Gasteiger partial charge in [0.1, 0.15) is 12.4 Å². The molecule has 1 saturated carbocycles. The molecule has 0 spiro atoms. The first-order chi connectivity index (χ1) is 10.5. The van der Waals surface area contributed by atoms with E-state index < -0.39 is 5.60 Å². The summed E-state index contributed by atoms with van der Waals surface area (Å²) in [6.07, 6.45) is 3.60. The van der Waals surface area contributed by atoms with Gasteiger partial charge in [0.2, 0.25) is 5.91 Å². The largest absolute Gasteiger partial charge is 0.492 e. The summed E-state index contributed by atoms with van der Waals surface area (Å²) in [5.74, 6) is 0.563. The van der Waals surface area contributed by atoms with Crippen LogP contribution >= 0.6 is 0 Å². The van der Waals surface area contributed by atoms with Crippen molar-refractivity contribution < 1.29 is 14.6 Å². The maximum Gasteiger partial charge on any atom is 0.225 e. The maximum absolute atomic E-state index is 12.1. The van der Waals surface area contributed by atoms with Crippen LogP contribution in [0.4, 0.5) is 0 Å². The van der Waals surface area contributed by atoms with Gasteiger partial charge in [0.05, 0.1) is 30.2 Å². The molecule has 118 valence electrons. The number of likely N-dealkylation sites (N-methyl/N-ethyl adjacent to an activating group) is 1. The maximum atomic E-state index is 12.1. The highest BCUT2D eigenvalue weighted by molar-refractivity contribution is 5.77. The minimum atomic E-state index is -0.812. The molecule has 22 heavy (non-hydrogen) atoms. The summed E-state index contributed by atoms with van der Waals surface area (Å²) in [4.78, 5) is 13.7. The van der Waals surface area contributed by atoms with Gasteiger partial charge in [-0.2, -0.15) is 5.26 Å². The Bertz CT molecular complexity index is 559. The molecular weight excluding hydrogens is 280 g/mol. The van der Waals surface area contributed by atoms with Crippen LogP contribution in [0.1, 0.15) is 37.7 Å².